The lowest BCUT2D eigenvalue weighted by Gasteiger charge is -2.35. The van der Waals surface area contributed by atoms with E-state index in [0.29, 0.717) is 18.7 Å². The molecular weight excluding hydrogens is 407 g/mol. The van der Waals surface area contributed by atoms with E-state index in [9.17, 15) is 26.4 Å². The van der Waals surface area contributed by atoms with Crippen molar-refractivity contribution in [1.82, 2.24) is 9.62 Å². The van der Waals surface area contributed by atoms with Gasteiger partial charge in [-0.1, -0.05) is 12.1 Å². The molecule has 0 unspecified atom stereocenters. The van der Waals surface area contributed by atoms with Crippen molar-refractivity contribution in [1.29, 1.82) is 0 Å². The SMILES string of the molecule is CNC(=O)c1ccc(N2CCN(S(=O)(=O)c3ccccc3C(F)(F)F)CC2)cc1. The molecule has 156 valence electrons. The molecule has 2 aromatic carbocycles. The van der Waals surface area contributed by atoms with Crippen LogP contribution < -0.4 is 10.2 Å². The first-order chi connectivity index (χ1) is 13.6. The number of hydrogen-bond donors (Lipinski definition) is 1. The summed E-state index contributed by atoms with van der Waals surface area (Å²) in [5, 5.41) is 2.53. The fraction of sp³-hybridized carbons (Fsp3) is 0.316. The van der Waals surface area contributed by atoms with Crippen molar-refractivity contribution < 1.29 is 26.4 Å². The van der Waals surface area contributed by atoms with Gasteiger partial charge in [-0.15, -0.1) is 0 Å². The van der Waals surface area contributed by atoms with E-state index in [1.165, 1.54) is 19.2 Å². The summed E-state index contributed by atoms with van der Waals surface area (Å²) in [4.78, 5) is 12.8. The van der Waals surface area contributed by atoms with Crippen LogP contribution in [0.1, 0.15) is 15.9 Å². The van der Waals surface area contributed by atoms with Crippen molar-refractivity contribution in [3.63, 3.8) is 0 Å². The average molecular weight is 427 g/mol. The van der Waals surface area contributed by atoms with Gasteiger partial charge in [-0.25, -0.2) is 8.42 Å². The van der Waals surface area contributed by atoms with Crippen molar-refractivity contribution in [3.8, 4) is 0 Å². The van der Waals surface area contributed by atoms with Gasteiger partial charge in [0.2, 0.25) is 10.0 Å². The molecule has 29 heavy (non-hydrogen) atoms. The number of piperazine rings is 1. The highest BCUT2D eigenvalue weighted by Crippen LogP contribution is 2.35. The van der Waals surface area contributed by atoms with Gasteiger partial charge in [-0.3, -0.25) is 4.79 Å². The predicted octanol–water partition coefficient (Wildman–Crippen LogP) is 2.58. The minimum atomic E-state index is -4.75. The maximum Gasteiger partial charge on any atom is 0.417 e. The lowest BCUT2D eigenvalue weighted by molar-refractivity contribution is -0.139. The maximum atomic E-state index is 13.2. The fourth-order valence-corrected chi connectivity index (χ4v) is 4.85. The molecule has 1 saturated heterocycles. The largest absolute Gasteiger partial charge is 0.417 e. The predicted molar refractivity (Wildman–Crippen MR) is 102 cm³/mol. The van der Waals surface area contributed by atoms with Crippen LogP contribution in [0.5, 0.6) is 0 Å². The summed E-state index contributed by atoms with van der Waals surface area (Å²) in [7, 11) is -2.73. The zero-order valence-electron chi connectivity index (χ0n) is 15.6. The second-order valence-electron chi connectivity index (χ2n) is 6.51. The van der Waals surface area contributed by atoms with Gasteiger partial charge in [-0.2, -0.15) is 17.5 Å². The number of amides is 1. The van der Waals surface area contributed by atoms with E-state index in [1.54, 1.807) is 24.3 Å². The molecule has 1 N–H and O–H groups in total. The quantitative estimate of drug-likeness (QED) is 0.815. The Bertz CT molecular complexity index is 984. The number of sulfonamides is 1. The zero-order valence-corrected chi connectivity index (χ0v) is 16.4. The van der Waals surface area contributed by atoms with Crippen LogP contribution in [-0.4, -0.2) is 51.9 Å². The summed E-state index contributed by atoms with van der Waals surface area (Å²) >= 11 is 0. The Morgan fingerprint density at radius 1 is 0.966 bits per heavy atom. The Morgan fingerprint density at radius 2 is 1.55 bits per heavy atom. The van der Waals surface area contributed by atoms with Gasteiger partial charge in [-0.05, 0) is 36.4 Å². The Kier molecular flexibility index (Phi) is 5.85. The molecule has 1 aliphatic heterocycles. The number of hydrogen-bond acceptors (Lipinski definition) is 4. The normalized spacial score (nSPS) is 15.9. The summed E-state index contributed by atoms with van der Waals surface area (Å²) in [5.74, 6) is -0.212. The third-order valence-electron chi connectivity index (χ3n) is 4.77. The molecule has 1 amide bonds. The molecule has 0 bridgehead atoms. The summed E-state index contributed by atoms with van der Waals surface area (Å²) in [6.07, 6.45) is -4.75. The molecule has 2 aromatic rings. The van der Waals surface area contributed by atoms with Gasteiger partial charge in [0.1, 0.15) is 0 Å². The molecule has 0 aliphatic carbocycles. The lowest BCUT2D eigenvalue weighted by Crippen LogP contribution is -2.49. The molecule has 3 rings (SSSR count). The van der Waals surface area contributed by atoms with Crippen LogP contribution in [0.4, 0.5) is 18.9 Å². The smallest absolute Gasteiger partial charge is 0.369 e. The first-order valence-electron chi connectivity index (χ1n) is 8.88. The van der Waals surface area contributed by atoms with Crippen molar-refractivity contribution in [3.05, 3.63) is 59.7 Å². The number of benzene rings is 2. The van der Waals surface area contributed by atoms with Gasteiger partial charge < -0.3 is 10.2 Å². The van der Waals surface area contributed by atoms with Gasteiger partial charge in [0.25, 0.3) is 5.91 Å². The van der Waals surface area contributed by atoms with Gasteiger partial charge in [0.15, 0.2) is 0 Å². The zero-order chi connectivity index (χ0) is 21.2. The number of nitrogens with zero attached hydrogens (tertiary/aromatic N) is 2. The minimum Gasteiger partial charge on any atom is -0.369 e. The van der Waals surface area contributed by atoms with Crippen LogP contribution >= 0.6 is 0 Å². The van der Waals surface area contributed by atoms with Gasteiger partial charge >= 0.3 is 6.18 Å². The van der Waals surface area contributed by atoms with Crippen LogP contribution in [0.25, 0.3) is 0 Å². The molecule has 1 heterocycles. The number of rotatable bonds is 4. The van der Waals surface area contributed by atoms with E-state index in [0.717, 1.165) is 22.1 Å². The van der Waals surface area contributed by atoms with Crippen molar-refractivity contribution >= 4 is 21.6 Å². The van der Waals surface area contributed by atoms with E-state index in [-0.39, 0.29) is 19.0 Å². The van der Waals surface area contributed by atoms with Gasteiger partial charge in [0, 0.05) is 44.5 Å². The third-order valence-corrected chi connectivity index (χ3v) is 6.73. The van der Waals surface area contributed by atoms with E-state index in [1.807, 2.05) is 4.90 Å². The molecule has 0 spiro atoms. The molecular formula is C19H20F3N3O3S. The summed E-state index contributed by atoms with van der Waals surface area (Å²) in [6, 6.07) is 11.1. The fourth-order valence-electron chi connectivity index (χ4n) is 3.22. The second-order valence-corrected chi connectivity index (χ2v) is 8.42. The molecule has 0 radical (unpaired) electrons. The number of alkyl halides is 3. The van der Waals surface area contributed by atoms with Crippen molar-refractivity contribution in [2.75, 3.05) is 38.1 Å². The first-order valence-corrected chi connectivity index (χ1v) is 10.3. The Morgan fingerprint density at radius 3 is 2.10 bits per heavy atom. The van der Waals surface area contributed by atoms with Crippen LogP contribution in [0, 0.1) is 0 Å². The minimum absolute atomic E-state index is 0.0612. The first kappa shape index (κ1) is 21.1. The van der Waals surface area contributed by atoms with Crippen LogP contribution in [0.2, 0.25) is 0 Å². The van der Waals surface area contributed by atoms with Crippen molar-refractivity contribution in [2.45, 2.75) is 11.1 Å². The highest BCUT2D eigenvalue weighted by Gasteiger charge is 2.39. The number of carbonyl (C=O) groups excluding carboxylic acids is 1. The third kappa shape index (κ3) is 4.38. The lowest BCUT2D eigenvalue weighted by atomic mass is 10.1. The maximum absolute atomic E-state index is 13.2. The van der Waals surface area contributed by atoms with Crippen LogP contribution in [0.3, 0.4) is 0 Å². The molecule has 1 aliphatic rings. The molecule has 10 heteroatoms. The van der Waals surface area contributed by atoms with Gasteiger partial charge in [0.05, 0.1) is 10.5 Å². The summed E-state index contributed by atoms with van der Waals surface area (Å²) in [5.41, 5.74) is 0.152. The number of carbonyl (C=O) groups is 1. The van der Waals surface area contributed by atoms with Crippen molar-refractivity contribution in [2.24, 2.45) is 0 Å². The summed E-state index contributed by atoms with van der Waals surface area (Å²) < 4.78 is 66.4. The van der Waals surface area contributed by atoms with E-state index in [2.05, 4.69) is 5.32 Å². The van der Waals surface area contributed by atoms with Crippen LogP contribution in [-0.2, 0) is 16.2 Å². The Balaban J connectivity index is 1.75. The topological polar surface area (TPSA) is 69.7 Å². The monoisotopic (exact) mass is 427 g/mol. The molecule has 0 aromatic heterocycles. The van der Waals surface area contributed by atoms with Crippen LogP contribution in [0.15, 0.2) is 53.4 Å². The summed E-state index contributed by atoms with van der Waals surface area (Å²) in [6.45, 7) is 0.775. The standard InChI is InChI=1S/C19H20F3N3O3S/c1-23-18(26)14-6-8-15(9-7-14)24-10-12-25(13-11-24)29(27,28)17-5-3-2-4-16(17)19(20,21)22/h2-9H,10-13H2,1H3,(H,23,26). The molecule has 0 atom stereocenters. The van der Waals surface area contributed by atoms with E-state index in [4.69, 9.17) is 0 Å². The van der Waals surface area contributed by atoms with E-state index >= 15 is 0 Å². The number of anilines is 1. The Labute approximate surface area is 167 Å². The van der Waals surface area contributed by atoms with E-state index < -0.39 is 26.7 Å². The number of halogens is 3. The average Bonchev–Trinajstić information content (AvgIpc) is 2.73. The highest BCUT2D eigenvalue weighted by atomic mass is 32.2. The number of nitrogens with one attached hydrogen (secondary N) is 1. The molecule has 6 nitrogen and oxygen atoms in total. The Hall–Kier alpha value is -2.59. The highest BCUT2D eigenvalue weighted by molar-refractivity contribution is 7.89. The second kappa shape index (κ2) is 8.03. The molecule has 0 saturated carbocycles. The molecule has 1 fully saturated rings.